The molecule has 0 aliphatic heterocycles. The third-order valence-electron chi connectivity index (χ3n) is 4.97. The van der Waals surface area contributed by atoms with E-state index in [0.717, 1.165) is 17.7 Å². The van der Waals surface area contributed by atoms with Gasteiger partial charge >= 0.3 is 5.97 Å². The van der Waals surface area contributed by atoms with Crippen LogP contribution in [0.5, 0.6) is 0 Å². The highest BCUT2D eigenvalue weighted by atomic mass is 32.1. The summed E-state index contributed by atoms with van der Waals surface area (Å²) < 4.78 is 4.63. The number of rotatable bonds is 5. The molecule has 1 aliphatic carbocycles. The van der Waals surface area contributed by atoms with Crippen LogP contribution in [-0.2, 0) is 22.4 Å². The molecule has 1 aliphatic rings. The second-order valence-electron chi connectivity index (χ2n) is 7.77. The molecule has 2 rings (SSSR count). The Morgan fingerprint density at radius 1 is 1.38 bits per heavy atom. The summed E-state index contributed by atoms with van der Waals surface area (Å²) in [5.41, 5.74) is 1.67. The number of methoxy groups -OCH3 is 1. The van der Waals surface area contributed by atoms with Crippen LogP contribution >= 0.6 is 11.3 Å². The summed E-state index contributed by atoms with van der Waals surface area (Å²) in [5, 5.41) is 0. The Morgan fingerprint density at radius 2 is 2.08 bits per heavy atom. The van der Waals surface area contributed by atoms with Gasteiger partial charge in [-0.1, -0.05) is 20.8 Å². The maximum absolute atomic E-state index is 12.6. The van der Waals surface area contributed by atoms with E-state index in [1.807, 2.05) is 0 Å². The minimum absolute atomic E-state index is 0.0616. The van der Waals surface area contributed by atoms with Gasteiger partial charge in [0.1, 0.15) is 0 Å². The molecule has 0 bridgehead atoms. The number of amides is 1. The second kappa shape index (κ2) is 7.68. The first kappa shape index (κ1) is 19.0. The minimum atomic E-state index is -0.226. The lowest BCUT2D eigenvalue weighted by atomic mass is 9.72. The van der Waals surface area contributed by atoms with Gasteiger partial charge in [-0.15, -0.1) is 11.3 Å². The number of thiophene rings is 1. The van der Waals surface area contributed by atoms with Crippen LogP contribution in [0.4, 0.5) is 0 Å². The Bertz CT molecular complexity index is 600. The zero-order valence-electron chi connectivity index (χ0n) is 15.5. The van der Waals surface area contributed by atoms with E-state index in [1.54, 1.807) is 23.3 Å². The fourth-order valence-corrected chi connectivity index (χ4v) is 4.42. The molecule has 1 aromatic heterocycles. The zero-order valence-corrected chi connectivity index (χ0v) is 16.3. The smallest absolute Gasteiger partial charge is 0.305 e. The first-order valence-electron chi connectivity index (χ1n) is 8.66. The van der Waals surface area contributed by atoms with Crippen molar-refractivity contribution in [3.8, 4) is 0 Å². The highest BCUT2D eigenvalue weighted by Gasteiger charge is 2.30. The van der Waals surface area contributed by atoms with Crippen LogP contribution < -0.4 is 0 Å². The lowest BCUT2D eigenvalue weighted by Gasteiger charge is -2.33. The molecule has 1 aromatic rings. The fraction of sp³-hybridized carbons (Fsp3) is 0.684. The van der Waals surface area contributed by atoms with E-state index in [0.29, 0.717) is 30.7 Å². The number of hydrogen-bond acceptors (Lipinski definition) is 4. The molecule has 0 saturated carbocycles. The van der Waals surface area contributed by atoms with Crippen molar-refractivity contribution in [2.45, 2.75) is 52.9 Å². The van der Waals surface area contributed by atoms with Gasteiger partial charge in [0.2, 0.25) is 0 Å². The Hall–Kier alpha value is -1.36. The number of ether oxygens (including phenoxy) is 1. The predicted octanol–water partition coefficient (Wildman–Crippen LogP) is 3.92. The monoisotopic (exact) mass is 351 g/mol. The van der Waals surface area contributed by atoms with Crippen LogP contribution in [0.25, 0.3) is 0 Å². The predicted molar refractivity (Wildman–Crippen MR) is 97.5 cm³/mol. The SMILES string of the molecule is COC(=O)CCCN(C)C(=O)c1cc2c(s1)CCC(C(C)(C)C)C2. The van der Waals surface area contributed by atoms with E-state index in [9.17, 15) is 9.59 Å². The molecule has 1 unspecified atom stereocenters. The lowest BCUT2D eigenvalue weighted by molar-refractivity contribution is -0.140. The van der Waals surface area contributed by atoms with Gasteiger partial charge < -0.3 is 9.64 Å². The summed E-state index contributed by atoms with van der Waals surface area (Å²) in [7, 11) is 3.19. The lowest BCUT2D eigenvalue weighted by Crippen LogP contribution is -2.27. The summed E-state index contributed by atoms with van der Waals surface area (Å²) >= 11 is 1.65. The zero-order chi connectivity index (χ0) is 17.9. The Labute approximate surface area is 149 Å². The molecule has 5 heteroatoms. The van der Waals surface area contributed by atoms with Gasteiger partial charge in [-0.25, -0.2) is 0 Å². The largest absolute Gasteiger partial charge is 0.469 e. The van der Waals surface area contributed by atoms with Crippen molar-refractivity contribution < 1.29 is 14.3 Å². The number of nitrogens with zero attached hydrogens (tertiary/aromatic N) is 1. The van der Waals surface area contributed by atoms with Gasteiger partial charge in [0.15, 0.2) is 0 Å². The maximum Gasteiger partial charge on any atom is 0.305 e. The van der Waals surface area contributed by atoms with Crippen molar-refractivity contribution in [2.24, 2.45) is 11.3 Å². The van der Waals surface area contributed by atoms with E-state index in [2.05, 4.69) is 31.6 Å². The highest BCUT2D eigenvalue weighted by Crippen LogP contribution is 2.40. The number of carbonyl (C=O) groups is 2. The molecular weight excluding hydrogens is 322 g/mol. The standard InChI is InChI=1S/C19H29NO3S/c1-19(2,3)14-8-9-15-13(11-14)12-16(24-15)18(22)20(4)10-6-7-17(21)23-5/h12,14H,6-11H2,1-5H3. The molecule has 4 nitrogen and oxygen atoms in total. The summed E-state index contributed by atoms with van der Waals surface area (Å²) in [4.78, 5) is 27.7. The van der Waals surface area contributed by atoms with Crippen molar-refractivity contribution in [1.82, 2.24) is 4.90 Å². The Balaban J connectivity index is 1.97. The van der Waals surface area contributed by atoms with Gasteiger partial charge in [0, 0.05) is 24.9 Å². The molecule has 0 N–H and O–H groups in total. The average molecular weight is 352 g/mol. The third-order valence-corrected chi connectivity index (χ3v) is 6.19. The quantitative estimate of drug-likeness (QED) is 0.755. The molecular formula is C19H29NO3S. The number of fused-ring (bicyclic) bond motifs is 1. The molecule has 0 aromatic carbocycles. The highest BCUT2D eigenvalue weighted by molar-refractivity contribution is 7.14. The van der Waals surface area contributed by atoms with Crippen molar-refractivity contribution in [3.05, 3.63) is 21.4 Å². The van der Waals surface area contributed by atoms with E-state index < -0.39 is 0 Å². The van der Waals surface area contributed by atoms with Crippen molar-refractivity contribution in [3.63, 3.8) is 0 Å². The Morgan fingerprint density at radius 3 is 2.71 bits per heavy atom. The van der Waals surface area contributed by atoms with Gasteiger partial charge in [-0.2, -0.15) is 0 Å². The van der Waals surface area contributed by atoms with Crippen molar-refractivity contribution >= 4 is 23.2 Å². The van der Waals surface area contributed by atoms with Crippen LogP contribution in [0.2, 0.25) is 0 Å². The summed E-state index contributed by atoms with van der Waals surface area (Å²) in [6.45, 7) is 7.48. The van der Waals surface area contributed by atoms with Gasteiger partial charge in [0.05, 0.1) is 12.0 Å². The van der Waals surface area contributed by atoms with Crippen molar-refractivity contribution in [1.29, 1.82) is 0 Å². The summed E-state index contributed by atoms with van der Waals surface area (Å²) in [6, 6.07) is 2.09. The average Bonchev–Trinajstić information content (AvgIpc) is 2.95. The molecule has 1 heterocycles. The first-order valence-corrected chi connectivity index (χ1v) is 9.48. The van der Waals surface area contributed by atoms with Gasteiger partial charge in [0.25, 0.3) is 5.91 Å². The van der Waals surface area contributed by atoms with Crippen LogP contribution in [0.3, 0.4) is 0 Å². The van der Waals surface area contributed by atoms with Crippen LogP contribution in [-0.4, -0.2) is 37.5 Å². The van der Waals surface area contributed by atoms with Crippen LogP contribution in [0.15, 0.2) is 6.07 Å². The topological polar surface area (TPSA) is 46.6 Å². The van der Waals surface area contributed by atoms with E-state index in [4.69, 9.17) is 0 Å². The van der Waals surface area contributed by atoms with E-state index in [-0.39, 0.29) is 11.9 Å². The molecule has 134 valence electrons. The molecule has 24 heavy (non-hydrogen) atoms. The minimum Gasteiger partial charge on any atom is -0.469 e. The normalized spacial score (nSPS) is 17.3. The van der Waals surface area contributed by atoms with Gasteiger partial charge in [-0.05, 0) is 48.6 Å². The summed E-state index contributed by atoms with van der Waals surface area (Å²) in [5.74, 6) is 0.516. The van der Waals surface area contributed by atoms with Crippen LogP contribution in [0.1, 0.15) is 60.1 Å². The maximum atomic E-state index is 12.6. The molecule has 0 spiro atoms. The number of aryl methyl sites for hydroxylation is 1. The molecule has 1 atom stereocenters. The van der Waals surface area contributed by atoms with Crippen molar-refractivity contribution in [2.75, 3.05) is 20.7 Å². The Kier molecular flexibility index (Phi) is 6.07. The van der Waals surface area contributed by atoms with Crippen LogP contribution in [0, 0.1) is 11.3 Å². The summed E-state index contributed by atoms with van der Waals surface area (Å²) in [6.07, 6.45) is 4.35. The fourth-order valence-electron chi connectivity index (χ4n) is 3.22. The number of hydrogen-bond donors (Lipinski definition) is 0. The van der Waals surface area contributed by atoms with E-state index >= 15 is 0 Å². The molecule has 0 fully saturated rings. The molecule has 0 saturated heterocycles. The first-order chi connectivity index (χ1) is 11.2. The second-order valence-corrected chi connectivity index (χ2v) is 8.91. The number of esters is 1. The van der Waals surface area contributed by atoms with Gasteiger partial charge in [-0.3, -0.25) is 9.59 Å². The molecule has 0 radical (unpaired) electrons. The molecule has 1 amide bonds. The third kappa shape index (κ3) is 4.59. The van der Waals surface area contributed by atoms with E-state index in [1.165, 1.54) is 24.0 Å². The number of carbonyl (C=O) groups excluding carboxylic acids is 2.